The molecular formula is C11H12N4O2. The quantitative estimate of drug-likeness (QED) is 0.846. The maximum Gasteiger partial charge on any atom is 0.293 e. The zero-order valence-corrected chi connectivity index (χ0v) is 9.14. The van der Waals surface area contributed by atoms with Gasteiger partial charge in [0.25, 0.3) is 5.91 Å². The maximum atomic E-state index is 11.6. The predicted molar refractivity (Wildman–Crippen MR) is 59.6 cm³/mol. The molecule has 1 aliphatic rings. The molecule has 2 N–H and O–H groups in total. The van der Waals surface area contributed by atoms with Crippen LogP contribution < -0.4 is 5.32 Å². The van der Waals surface area contributed by atoms with Crippen LogP contribution in [0.15, 0.2) is 22.8 Å². The third-order valence-electron chi connectivity index (χ3n) is 2.96. The molecule has 2 aromatic rings. The first kappa shape index (κ1) is 10.1. The fourth-order valence-electron chi connectivity index (χ4n) is 1.77. The molecule has 1 saturated carbocycles. The van der Waals surface area contributed by atoms with Gasteiger partial charge in [0, 0.05) is 5.92 Å². The number of furan rings is 1. The van der Waals surface area contributed by atoms with Crippen LogP contribution in [0.25, 0.3) is 0 Å². The monoisotopic (exact) mass is 232 g/mol. The lowest BCUT2D eigenvalue weighted by atomic mass is 9.85. The highest BCUT2D eigenvalue weighted by molar-refractivity contribution is 6.01. The van der Waals surface area contributed by atoms with E-state index in [0.29, 0.717) is 11.9 Å². The van der Waals surface area contributed by atoms with Crippen LogP contribution in [0.2, 0.25) is 0 Å². The third kappa shape index (κ3) is 1.93. The fourth-order valence-corrected chi connectivity index (χ4v) is 1.77. The van der Waals surface area contributed by atoms with E-state index in [0.717, 1.165) is 18.7 Å². The SMILES string of the molecule is O=C(Nc1n[nH]c(C2CCC2)n1)c1ccco1. The van der Waals surface area contributed by atoms with Crippen LogP contribution in [-0.4, -0.2) is 21.1 Å². The maximum absolute atomic E-state index is 11.6. The Hall–Kier alpha value is -2.11. The largest absolute Gasteiger partial charge is 0.459 e. The van der Waals surface area contributed by atoms with E-state index < -0.39 is 0 Å². The molecule has 0 unspecified atom stereocenters. The van der Waals surface area contributed by atoms with E-state index in [1.807, 2.05) is 0 Å². The summed E-state index contributed by atoms with van der Waals surface area (Å²) in [6.45, 7) is 0. The molecule has 0 radical (unpaired) electrons. The van der Waals surface area contributed by atoms with E-state index >= 15 is 0 Å². The van der Waals surface area contributed by atoms with Crippen LogP contribution in [0.4, 0.5) is 5.95 Å². The van der Waals surface area contributed by atoms with E-state index in [-0.39, 0.29) is 11.7 Å². The Morgan fingerprint density at radius 2 is 2.41 bits per heavy atom. The van der Waals surface area contributed by atoms with Gasteiger partial charge >= 0.3 is 0 Å². The number of carbonyl (C=O) groups is 1. The molecule has 1 amide bonds. The lowest BCUT2D eigenvalue weighted by Crippen LogP contribution is -2.13. The summed E-state index contributed by atoms with van der Waals surface area (Å²) in [6, 6.07) is 3.25. The average Bonchev–Trinajstić information content (AvgIpc) is 2.85. The van der Waals surface area contributed by atoms with Gasteiger partial charge in [0.15, 0.2) is 5.76 Å². The first-order chi connectivity index (χ1) is 8.33. The number of hydrogen-bond acceptors (Lipinski definition) is 4. The second kappa shape index (κ2) is 4.04. The van der Waals surface area contributed by atoms with Crippen molar-refractivity contribution in [1.82, 2.24) is 15.2 Å². The average molecular weight is 232 g/mol. The molecule has 2 heterocycles. The van der Waals surface area contributed by atoms with Crippen molar-refractivity contribution in [2.24, 2.45) is 0 Å². The minimum atomic E-state index is -0.339. The van der Waals surface area contributed by atoms with Crippen molar-refractivity contribution < 1.29 is 9.21 Å². The van der Waals surface area contributed by atoms with Crippen LogP contribution in [0.1, 0.15) is 41.6 Å². The number of carbonyl (C=O) groups excluding carboxylic acids is 1. The number of aromatic amines is 1. The smallest absolute Gasteiger partial charge is 0.293 e. The Kier molecular flexibility index (Phi) is 2.40. The molecule has 0 saturated heterocycles. The Balaban J connectivity index is 1.68. The van der Waals surface area contributed by atoms with Crippen LogP contribution in [0, 0.1) is 0 Å². The van der Waals surface area contributed by atoms with Crippen molar-refractivity contribution >= 4 is 11.9 Å². The summed E-state index contributed by atoms with van der Waals surface area (Å²) in [6.07, 6.45) is 4.97. The van der Waals surface area contributed by atoms with Gasteiger partial charge < -0.3 is 4.42 Å². The molecule has 88 valence electrons. The molecular weight excluding hydrogens is 220 g/mol. The number of nitrogens with one attached hydrogen (secondary N) is 2. The Morgan fingerprint density at radius 1 is 1.53 bits per heavy atom. The summed E-state index contributed by atoms with van der Waals surface area (Å²) in [5.41, 5.74) is 0. The van der Waals surface area contributed by atoms with Gasteiger partial charge in [-0.25, -0.2) is 0 Å². The zero-order chi connectivity index (χ0) is 11.7. The van der Waals surface area contributed by atoms with Gasteiger partial charge in [0.1, 0.15) is 5.82 Å². The van der Waals surface area contributed by atoms with Gasteiger partial charge in [-0.15, -0.1) is 5.10 Å². The Morgan fingerprint density at radius 3 is 3.06 bits per heavy atom. The van der Waals surface area contributed by atoms with Gasteiger partial charge in [-0.1, -0.05) is 6.42 Å². The lowest BCUT2D eigenvalue weighted by Gasteiger charge is -2.22. The highest BCUT2D eigenvalue weighted by Gasteiger charge is 2.23. The van der Waals surface area contributed by atoms with E-state index in [1.165, 1.54) is 12.7 Å². The molecule has 0 spiro atoms. The minimum Gasteiger partial charge on any atom is -0.459 e. The van der Waals surface area contributed by atoms with Gasteiger partial charge in [-0.2, -0.15) is 4.98 Å². The van der Waals surface area contributed by atoms with Crippen molar-refractivity contribution in [1.29, 1.82) is 0 Å². The highest BCUT2D eigenvalue weighted by atomic mass is 16.3. The normalized spacial score (nSPS) is 15.5. The lowest BCUT2D eigenvalue weighted by molar-refractivity contribution is 0.0996. The summed E-state index contributed by atoms with van der Waals surface area (Å²) >= 11 is 0. The van der Waals surface area contributed by atoms with Gasteiger partial charge in [-0.05, 0) is 25.0 Å². The van der Waals surface area contributed by atoms with Gasteiger partial charge in [0.2, 0.25) is 5.95 Å². The van der Waals surface area contributed by atoms with Crippen molar-refractivity contribution in [3.05, 3.63) is 30.0 Å². The van der Waals surface area contributed by atoms with Crippen molar-refractivity contribution in [2.75, 3.05) is 5.32 Å². The third-order valence-corrected chi connectivity index (χ3v) is 2.96. The second-order valence-electron chi connectivity index (χ2n) is 4.10. The summed E-state index contributed by atoms with van der Waals surface area (Å²) in [4.78, 5) is 15.9. The summed E-state index contributed by atoms with van der Waals surface area (Å²) in [7, 11) is 0. The second-order valence-corrected chi connectivity index (χ2v) is 4.10. The topological polar surface area (TPSA) is 83.8 Å². The molecule has 1 aliphatic carbocycles. The number of anilines is 1. The van der Waals surface area contributed by atoms with E-state index in [1.54, 1.807) is 12.1 Å². The number of rotatable bonds is 3. The van der Waals surface area contributed by atoms with E-state index in [9.17, 15) is 4.79 Å². The first-order valence-corrected chi connectivity index (χ1v) is 5.60. The molecule has 1 fully saturated rings. The van der Waals surface area contributed by atoms with Crippen LogP contribution in [-0.2, 0) is 0 Å². The molecule has 0 aliphatic heterocycles. The van der Waals surface area contributed by atoms with Crippen molar-refractivity contribution in [2.45, 2.75) is 25.2 Å². The number of H-pyrrole nitrogens is 1. The molecule has 3 rings (SSSR count). The first-order valence-electron chi connectivity index (χ1n) is 5.60. The standard InChI is InChI=1S/C11H12N4O2/c16-10(8-5-2-6-17-8)13-11-12-9(14-15-11)7-3-1-4-7/h2,5-7H,1,3-4H2,(H2,12,13,14,15,16). The Bertz CT molecular complexity index is 513. The summed E-state index contributed by atoms with van der Waals surface area (Å²) < 4.78 is 4.98. The van der Waals surface area contributed by atoms with Crippen molar-refractivity contribution in [3.63, 3.8) is 0 Å². The molecule has 0 aromatic carbocycles. The Labute approximate surface area is 97.4 Å². The highest BCUT2D eigenvalue weighted by Crippen LogP contribution is 2.34. The summed E-state index contributed by atoms with van der Waals surface area (Å²) in [5.74, 6) is 1.53. The molecule has 17 heavy (non-hydrogen) atoms. The zero-order valence-electron chi connectivity index (χ0n) is 9.14. The van der Waals surface area contributed by atoms with Gasteiger partial charge in [-0.3, -0.25) is 15.2 Å². The number of amides is 1. The van der Waals surface area contributed by atoms with Crippen LogP contribution >= 0.6 is 0 Å². The molecule has 0 bridgehead atoms. The number of nitrogens with zero attached hydrogens (tertiary/aromatic N) is 2. The molecule has 6 nitrogen and oxygen atoms in total. The number of aromatic nitrogens is 3. The molecule has 0 atom stereocenters. The van der Waals surface area contributed by atoms with Crippen LogP contribution in [0.5, 0.6) is 0 Å². The minimum absolute atomic E-state index is 0.250. The van der Waals surface area contributed by atoms with Gasteiger partial charge in [0.05, 0.1) is 6.26 Å². The number of hydrogen-bond donors (Lipinski definition) is 2. The fraction of sp³-hybridized carbons (Fsp3) is 0.364. The van der Waals surface area contributed by atoms with Crippen LogP contribution in [0.3, 0.4) is 0 Å². The molecule has 2 aromatic heterocycles. The van der Waals surface area contributed by atoms with Crippen molar-refractivity contribution in [3.8, 4) is 0 Å². The predicted octanol–water partition coefficient (Wildman–Crippen LogP) is 1.92. The summed E-state index contributed by atoms with van der Waals surface area (Å²) in [5, 5.41) is 9.39. The molecule has 6 heteroatoms. The van der Waals surface area contributed by atoms with E-state index in [2.05, 4.69) is 20.5 Å². The van der Waals surface area contributed by atoms with E-state index in [4.69, 9.17) is 4.42 Å².